The monoisotopic (exact) mass is 284 g/mol. The molecule has 1 aliphatic carbocycles. The van der Waals surface area contributed by atoms with Crippen LogP contribution in [0.15, 0.2) is 23.3 Å². The van der Waals surface area contributed by atoms with Gasteiger partial charge in [-0.1, -0.05) is 11.9 Å². The fourth-order valence-electron chi connectivity index (χ4n) is 2.39. The van der Waals surface area contributed by atoms with Crippen molar-refractivity contribution in [2.45, 2.75) is 37.4 Å². The van der Waals surface area contributed by atoms with E-state index >= 15 is 0 Å². The smallest absolute Gasteiger partial charge is 0.392 e. The zero-order valence-corrected chi connectivity index (χ0v) is 14.5. The van der Waals surface area contributed by atoms with Gasteiger partial charge in [-0.25, -0.2) is 6.08 Å². The molecule has 1 saturated carbocycles. The van der Waals surface area contributed by atoms with Gasteiger partial charge in [0.25, 0.3) is 0 Å². The molecule has 2 saturated heterocycles. The summed E-state index contributed by atoms with van der Waals surface area (Å²) in [5.41, 5.74) is 1.32. The van der Waals surface area contributed by atoms with Crippen molar-refractivity contribution in [1.82, 2.24) is 14.9 Å². The van der Waals surface area contributed by atoms with Crippen molar-refractivity contribution >= 4 is 11.9 Å². The van der Waals surface area contributed by atoms with Gasteiger partial charge in [0.15, 0.2) is 0 Å². The van der Waals surface area contributed by atoms with Gasteiger partial charge in [-0.05, 0) is 19.8 Å². The Morgan fingerprint density at radius 3 is 2.68 bits per heavy atom. The zero-order chi connectivity index (χ0) is 12.8. The summed E-state index contributed by atoms with van der Waals surface area (Å²) in [6.07, 6.45) is 7.46. The molecule has 5 heteroatoms. The Kier molecular flexibility index (Phi) is 4.92. The molecule has 3 rings (SSSR count). The number of rotatable bonds is 6. The van der Waals surface area contributed by atoms with Gasteiger partial charge in [0, 0.05) is 18.6 Å². The molecule has 0 aromatic heterocycles. The Morgan fingerprint density at radius 1 is 1.53 bits per heavy atom. The van der Waals surface area contributed by atoms with Crippen molar-refractivity contribution < 1.29 is 29.6 Å². The summed E-state index contributed by atoms with van der Waals surface area (Å²) in [5.74, 6) is 0. The minimum atomic E-state index is 0. The molecule has 0 bridgehead atoms. The van der Waals surface area contributed by atoms with Gasteiger partial charge in [-0.2, -0.15) is 17.6 Å². The van der Waals surface area contributed by atoms with Gasteiger partial charge in [0.1, 0.15) is 0 Å². The van der Waals surface area contributed by atoms with E-state index in [1.807, 2.05) is 6.08 Å². The second-order valence-corrected chi connectivity index (χ2v) is 6.45. The quantitative estimate of drug-likeness (QED) is 0.207. The molecule has 2 N–H and O–H groups in total. The summed E-state index contributed by atoms with van der Waals surface area (Å²) in [5, 5.41) is 3.36. The van der Waals surface area contributed by atoms with Crippen LogP contribution in [0.4, 0.5) is 0 Å². The number of nitrogens with zero attached hydrogens (tertiary/aromatic N) is 1. The number of allylic oxidation sites excluding steroid dienone is 2. The van der Waals surface area contributed by atoms with E-state index in [0.29, 0.717) is 17.6 Å². The van der Waals surface area contributed by atoms with Crippen LogP contribution in [0.5, 0.6) is 0 Å². The predicted molar refractivity (Wildman–Crippen MR) is 75.4 cm³/mol. The van der Waals surface area contributed by atoms with E-state index in [4.69, 9.17) is 6.58 Å². The third-order valence-corrected chi connectivity index (χ3v) is 4.88. The predicted octanol–water partition coefficient (Wildman–Crippen LogP) is -1.37. The first-order chi connectivity index (χ1) is 8.63. The maximum Gasteiger partial charge on any atom is 1.00 e. The molecule has 0 amide bonds. The first-order valence-electron chi connectivity index (χ1n) is 6.43. The second-order valence-electron chi connectivity index (χ2n) is 5.57. The largest absolute Gasteiger partial charge is 1.00 e. The van der Waals surface area contributed by atoms with Crippen LogP contribution in [-0.2, 0) is 0 Å². The molecule has 2 aliphatic heterocycles. The summed E-state index contributed by atoms with van der Waals surface area (Å²) in [6, 6.07) is 1.24. The van der Waals surface area contributed by atoms with Crippen molar-refractivity contribution in [1.29, 1.82) is 0 Å². The van der Waals surface area contributed by atoms with Crippen LogP contribution >= 0.6 is 11.9 Å². The third kappa shape index (κ3) is 3.49. The molecule has 3 nitrogen and oxygen atoms in total. The molecule has 0 radical (unpaired) electrons. The third-order valence-electron chi connectivity index (χ3n) is 3.93. The number of nitrogens with one attached hydrogen (secondary N) is 2. The Morgan fingerprint density at radius 2 is 2.16 bits per heavy atom. The fraction of sp³-hybridized carbons (Fsp3) is 0.571. The Labute approximate surface area is 142 Å². The van der Waals surface area contributed by atoms with E-state index in [0.717, 1.165) is 23.7 Å². The Balaban J connectivity index is 0.00000133. The van der Waals surface area contributed by atoms with Crippen molar-refractivity contribution in [2.24, 2.45) is 0 Å². The van der Waals surface area contributed by atoms with Gasteiger partial charge in [0.2, 0.25) is 0 Å². The van der Waals surface area contributed by atoms with E-state index < -0.39 is 0 Å². The number of hydrogen-bond acceptors (Lipinski definition) is 4. The van der Waals surface area contributed by atoms with Gasteiger partial charge < -0.3 is 10.2 Å². The summed E-state index contributed by atoms with van der Waals surface area (Å²) in [4.78, 5) is 3.13. The molecule has 2 unspecified atom stereocenters. The van der Waals surface area contributed by atoms with Crippen LogP contribution in [0.25, 0.3) is 0 Å². The molecular weight excluding hydrogens is 265 g/mol. The Bertz CT molecular complexity index is 407. The first kappa shape index (κ1) is 15.7. The molecule has 2 heterocycles. The zero-order valence-electron chi connectivity index (χ0n) is 11.7. The van der Waals surface area contributed by atoms with Crippen LogP contribution in [0.1, 0.15) is 19.8 Å². The molecule has 2 atom stereocenters. The molecular formula is C14H19N3NaS-. The van der Waals surface area contributed by atoms with Gasteiger partial charge >= 0.3 is 29.6 Å². The van der Waals surface area contributed by atoms with Crippen molar-refractivity contribution in [3.8, 4) is 0 Å². The average molecular weight is 284 g/mol. The van der Waals surface area contributed by atoms with E-state index in [9.17, 15) is 0 Å². The summed E-state index contributed by atoms with van der Waals surface area (Å²) in [6.45, 7) is 14.1. The minimum absolute atomic E-state index is 0. The molecule has 0 aromatic carbocycles. The van der Waals surface area contributed by atoms with Gasteiger partial charge in [-0.15, -0.1) is 5.70 Å². The minimum Gasteiger partial charge on any atom is -0.392 e. The maximum atomic E-state index is 6.03. The van der Waals surface area contributed by atoms with Crippen molar-refractivity contribution in [2.75, 3.05) is 13.1 Å². The van der Waals surface area contributed by atoms with E-state index in [-0.39, 0.29) is 29.6 Å². The maximum absolute atomic E-state index is 6.03. The van der Waals surface area contributed by atoms with Crippen LogP contribution in [-0.4, -0.2) is 35.6 Å². The summed E-state index contributed by atoms with van der Waals surface area (Å²) < 4.78 is 3.40. The van der Waals surface area contributed by atoms with Gasteiger partial charge in [-0.3, -0.25) is 11.3 Å². The topological polar surface area (TPSA) is 27.1 Å². The number of fused-ring (bicyclic) bond motifs is 1. The molecule has 19 heavy (non-hydrogen) atoms. The van der Waals surface area contributed by atoms with Crippen LogP contribution in [0, 0.1) is 12.7 Å². The standard InChI is InChI=1S/C14H19N3S.Na/c1-4-11(17-12-8-15-9-13(12)17)7-10(2)18-16-14(3)5-6-14;/h2,7,12-13,15-16H,1,5-6,8-9H2,3H3;/q-2;+1/b11-7+;. The number of piperazine rings is 1. The van der Waals surface area contributed by atoms with E-state index in [1.54, 1.807) is 0 Å². The summed E-state index contributed by atoms with van der Waals surface area (Å²) >= 11 is 1.52. The second kappa shape index (κ2) is 5.96. The van der Waals surface area contributed by atoms with Crippen molar-refractivity contribution in [3.63, 3.8) is 0 Å². The fourth-order valence-corrected chi connectivity index (χ4v) is 3.13. The number of hydrogen-bond donors (Lipinski definition) is 2. The van der Waals surface area contributed by atoms with Crippen LogP contribution in [0.2, 0.25) is 0 Å². The molecule has 3 fully saturated rings. The molecule has 0 aromatic rings. The van der Waals surface area contributed by atoms with Gasteiger partial charge in [0.05, 0.1) is 12.1 Å². The molecule has 0 spiro atoms. The van der Waals surface area contributed by atoms with E-state index in [1.165, 1.54) is 24.8 Å². The van der Waals surface area contributed by atoms with Crippen LogP contribution in [0.3, 0.4) is 0 Å². The Hall–Kier alpha value is 0.290. The normalized spacial score (nSPS) is 30.4. The van der Waals surface area contributed by atoms with Crippen LogP contribution < -0.4 is 39.6 Å². The summed E-state index contributed by atoms with van der Waals surface area (Å²) in [7, 11) is 0. The molecule has 98 valence electrons. The van der Waals surface area contributed by atoms with Crippen molar-refractivity contribution in [3.05, 3.63) is 35.9 Å². The first-order valence-corrected chi connectivity index (χ1v) is 7.25. The SMILES string of the molecule is [CH-]=C(/C=C(\[C-]=C)N1C2CNCC21)SNC1(C)CC1.[Na+]. The molecule has 3 aliphatic rings. The average Bonchev–Trinajstić information content (AvgIpc) is 3.21. The van der Waals surface area contributed by atoms with E-state index in [2.05, 4.69) is 34.5 Å².